The van der Waals surface area contributed by atoms with Gasteiger partial charge in [0.1, 0.15) is 5.70 Å². The Morgan fingerprint density at radius 2 is 1.73 bits per heavy atom. The Labute approximate surface area is 177 Å². The van der Waals surface area contributed by atoms with Crippen molar-refractivity contribution in [2.45, 2.75) is 40.2 Å². The van der Waals surface area contributed by atoms with Crippen molar-refractivity contribution >= 4 is 17.4 Å². The second-order valence-corrected chi connectivity index (χ2v) is 8.26. The number of rotatable bonds is 8. The van der Waals surface area contributed by atoms with E-state index in [0.717, 1.165) is 12.0 Å². The topological polar surface area (TPSA) is 78.4 Å². The number of carbonyl (C=O) groups excluding carboxylic acids is 2. The van der Waals surface area contributed by atoms with Crippen molar-refractivity contribution in [3.8, 4) is 0 Å². The van der Waals surface area contributed by atoms with Crippen LogP contribution in [0.5, 0.6) is 0 Å². The van der Waals surface area contributed by atoms with E-state index in [9.17, 15) is 14.4 Å². The molecular weight excluding hydrogens is 380 g/mol. The highest BCUT2D eigenvalue weighted by Gasteiger charge is 2.43. The van der Waals surface area contributed by atoms with Crippen LogP contribution >= 0.6 is 0 Å². The van der Waals surface area contributed by atoms with E-state index in [1.165, 1.54) is 9.58 Å². The number of amides is 2. The van der Waals surface area contributed by atoms with Crippen LogP contribution in [0.4, 0.5) is 0 Å². The number of nitrogens with zero attached hydrogens (tertiary/aromatic N) is 3. The fraction of sp³-hybridized carbons (Fsp3) is 0.435. The molecule has 3 rings (SSSR count). The zero-order valence-corrected chi connectivity index (χ0v) is 18.4. The number of likely N-dealkylation sites (N-methyl/N-ethyl adjacent to an activating group) is 1. The Morgan fingerprint density at radius 3 is 2.33 bits per heavy atom. The summed E-state index contributed by atoms with van der Waals surface area (Å²) >= 11 is 0. The molecule has 2 amide bonds. The highest BCUT2D eigenvalue weighted by molar-refractivity contribution is 6.35. The van der Waals surface area contributed by atoms with Gasteiger partial charge in [0.2, 0.25) is 0 Å². The largest absolute Gasteiger partial charge is 0.365 e. The monoisotopic (exact) mass is 410 g/mol. The van der Waals surface area contributed by atoms with E-state index in [1.807, 2.05) is 51.1 Å². The third-order valence-electron chi connectivity index (χ3n) is 5.21. The molecule has 0 spiro atoms. The number of hydrogen-bond donors (Lipinski definition) is 1. The number of aromatic nitrogens is 2. The summed E-state index contributed by atoms with van der Waals surface area (Å²) in [5.74, 6) is -0.604. The standard InChI is InChI=1S/C23H30N4O3/c1-6-10-17-18(21(28)26(5)24-17)19-20(23(30)27(22(19)29)13-15(2)3)25(4)14-16-11-8-7-9-12-16/h7-9,11-12,15,24H,6,10,13-14H2,1-5H3. The number of carbonyl (C=O) groups is 2. The van der Waals surface area contributed by atoms with Gasteiger partial charge in [-0.3, -0.25) is 29.1 Å². The lowest BCUT2D eigenvalue weighted by molar-refractivity contribution is -0.138. The van der Waals surface area contributed by atoms with Crippen LogP contribution in [-0.4, -0.2) is 45.0 Å². The van der Waals surface area contributed by atoms with Crippen LogP contribution in [0.2, 0.25) is 0 Å². The summed E-state index contributed by atoms with van der Waals surface area (Å²) in [5, 5.41) is 3.06. The van der Waals surface area contributed by atoms with Crippen LogP contribution in [0.25, 0.3) is 5.57 Å². The molecule has 1 aromatic heterocycles. The maximum absolute atomic E-state index is 13.4. The molecule has 0 bridgehead atoms. The first-order valence-corrected chi connectivity index (χ1v) is 10.4. The SMILES string of the molecule is CCCc1[nH]n(C)c(=O)c1C1=C(N(C)Cc2ccccc2)C(=O)N(CC(C)C)C1=O. The molecule has 7 nitrogen and oxygen atoms in total. The van der Waals surface area contributed by atoms with Crippen molar-refractivity contribution < 1.29 is 9.59 Å². The molecule has 1 N–H and O–H groups in total. The molecule has 2 heterocycles. The molecule has 1 aromatic carbocycles. The summed E-state index contributed by atoms with van der Waals surface area (Å²) in [7, 11) is 3.43. The van der Waals surface area contributed by atoms with Gasteiger partial charge in [0.05, 0.1) is 11.1 Å². The van der Waals surface area contributed by atoms with E-state index in [0.29, 0.717) is 36.5 Å². The first kappa shape index (κ1) is 21.6. The van der Waals surface area contributed by atoms with E-state index < -0.39 is 5.91 Å². The first-order chi connectivity index (χ1) is 14.3. The summed E-state index contributed by atoms with van der Waals surface area (Å²) < 4.78 is 1.38. The molecule has 1 aliphatic rings. The van der Waals surface area contributed by atoms with Crippen LogP contribution in [0.1, 0.15) is 44.0 Å². The quantitative estimate of drug-likeness (QED) is 0.679. The summed E-state index contributed by atoms with van der Waals surface area (Å²) in [6.07, 6.45) is 1.43. The van der Waals surface area contributed by atoms with Gasteiger partial charge in [-0.05, 0) is 17.9 Å². The lowest BCUT2D eigenvalue weighted by Gasteiger charge is -2.22. The van der Waals surface area contributed by atoms with Gasteiger partial charge in [0, 0.05) is 32.9 Å². The Kier molecular flexibility index (Phi) is 6.29. The average Bonchev–Trinajstić information content (AvgIpc) is 3.10. The number of aryl methyl sites for hydroxylation is 2. The van der Waals surface area contributed by atoms with Gasteiger partial charge in [-0.1, -0.05) is 57.5 Å². The Morgan fingerprint density at radius 1 is 1.07 bits per heavy atom. The van der Waals surface area contributed by atoms with E-state index >= 15 is 0 Å². The summed E-state index contributed by atoms with van der Waals surface area (Å²) in [6, 6.07) is 9.76. The van der Waals surface area contributed by atoms with Gasteiger partial charge in [-0.15, -0.1) is 0 Å². The van der Waals surface area contributed by atoms with Gasteiger partial charge in [-0.25, -0.2) is 0 Å². The van der Waals surface area contributed by atoms with Crippen LogP contribution in [0.3, 0.4) is 0 Å². The van der Waals surface area contributed by atoms with E-state index in [-0.39, 0.29) is 23.0 Å². The second kappa shape index (κ2) is 8.73. The van der Waals surface area contributed by atoms with Gasteiger partial charge < -0.3 is 4.90 Å². The second-order valence-electron chi connectivity index (χ2n) is 8.26. The minimum atomic E-state index is -0.391. The summed E-state index contributed by atoms with van der Waals surface area (Å²) in [5.41, 5.74) is 2.25. The highest BCUT2D eigenvalue weighted by atomic mass is 16.2. The number of nitrogens with one attached hydrogen (secondary N) is 1. The fourth-order valence-electron chi connectivity index (χ4n) is 3.90. The number of benzene rings is 1. The van der Waals surface area contributed by atoms with Crippen molar-refractivity contribution in [2.24, 2.45) is 13.0 Å². The number of aromatic amines is 1. The van der Waals surface area contributed by atoms with Crippen LogP contribution in [0, 0.1) is 5.92 Å². The maximum Gasteiger partial charge on any atom is 0.277 e. The van der Waals surface area contributed by atoms with Crippen molar-refractivity contribution in [3.05, 3.63) is 63.2 Å². The molecule has 0 aliphatic carbocycles. The Hall–Kier alpha value is -3.09. The molecule has 0 fully saturated rings. The van der Waals surface area contributed by atoms with Crippen LogP contribution in [0.15, 0.2) is 40.8 Å². The lowest BCUT2D eigenvalue weighted by atomic mass is 10.0. The molecule has 1 aliphatic heterocycles. The van der Waals surface area contributed by atoms with Gasteiger partial charge >= 0.3 is 0 Å². The highest BCUT2D eigenvalue weighted by Crippen LogP contribution is 2.32. The molecule has 0 saturated carbocycles. The number of hydrogen-bond acceptors (Lipinski definition) is 4. The minimum absolute atomic E-state index is 0.127. The van der Waals surface area contributed by atoms with Crippen molar-refractivity contribution in [1.82, 2.24) is 19.6 Å². The smallest absolute Gasteiger partial charge is 0.277 e. The third-order valence-corrected chi connectivity index (χ3v) is 5.21. The van der Waals surface area contributed by atoms with E-state index in [2.05, 4.69) is 5.10 Å². The van der Waals surface area contributed by atoms with Crippen LogP contribution < -0.4 is 5.56 Å². The predicted octanol–water partition coefficient (Wildman–Crippen LogP) is 2.53. The average molecular weight is 411 g/mol. The van der Waals surface area contributed by atoms with E-state index in [1.54, 1.807) is 19.0 Å². The number of imide groups is 1. The Bertz CT molecular complexity index is 1030. The summed E-state index contributed by atoms with van der Waals surface area (Å²) in [6.45, 7) is 6.71. The maximum atomic E-state index is 13.4. The molecule has 0 saturated heterocycles. The third kappa shape index (κ3) is 3.97. The molecular formula is C23H30N4O3. The molecule has 0 unspecified atom stereocenters. The lowest BCUT2D eigenvalue weighted by Crippen LogP contribution is -2.36. The molecule has 7 heteroatoms. The molecule has 30 heavy (non-hydrogen) atoms. The molecule has 0 atom stereocenters. The van der Waals surface area contributed by atoms with Crippen molar-refractivity contribution in [1.29, 1.82) is 0 Å². The molecule has 2 aromatic rings. The van der Waals surface area contributed by atoms with Gasteiger partial charge in [0.15, 0.2) is 0 Å². The Balaban J connectivity index is 2.16. The zero-order chi connectivity index (χ0) is 22.0. The molecule has 160 valence electrons. The van der Waals surface area contributed by atoms with Crippen molar-refractivity contribution in [3.63, 3.8) is 0 Å². The normalized spacial score (nSPS) is 14.4. The predicted molar refractivity (Wildman–Crippen MR) is 116 cm³/mol. The van der Waals surface area contributed by atoms with Gasteiger partial charge in [-0.2, -0.15) is 0 Å². The first-order valence-electron chi connectivity index (χ1n) is 10.4. The van der Waals surface area contributed by atoms with E-state index in [4.69, 9.17) is 0 Å². The van der Waals surface area contributed by atoms with Crippen LogP contribution in [-0.2, 0) is 29.6 Å². The molecule has 0 radical (unpaired) electrons. The zero-order valence-electron chi connectivity index (χ0n) is 18.4. The fourth-order valence-corrected chi connectivity index (χ4v) is 3.90. The number of H-pyrrole nitrogens is 1. The summed E-state index contributed by atoms with van der Waals surface area (Å²) in [4.78, 5) is 42.8. The van der Waals surface area contributed by atoms with Crippen molar-refractivity contribution in [2.75, 3.05) is 13.6 Å². The van der Waals surface area contributed by atoms with Gasteiger partial charge in [0.25, 0.3) is 17.4 Å². The minimum Gasteiger partial charge on any atom is -0.365 e.